The summed E-state index contributed by atoms with van der Waals surface area (Å²) >= 11 is 5.88. The van der Waals surface area contributed by atoms with Gasteiger partial charge in [0.25, 0.3) is 0 Å². The van der Waals surface area contributed by atoms with E-state index in [1.165, 1.54) is 6.08 Å². The van der Waals surface area contributed by atoms with Crippen LogP contribution in [0.1, 0.15) is 5.56 Å². The van der Waals surface area contributed by atoms with E-state index >= 15 is 0 Å². The second kappa shape index (κ2) is 5.89. The number of hydrogen-bond donors (Lipinski definition) is 1. The Labute approximate surface area is 126 Å². The number of carbonyl (C=O) groups excluding carboxylic acids is 1. The Morgan fingerprint density at radius 3 is 2.86 bits per heavy atom. The highest BCUT2D eigenvalue weighted by Crippen LogP contribution is 2.34. The van der Waals surface area contributed by atoms with Crippen molar-refractivity contribution in [2.75, 3.05) is 12.1 Å². The van der Waals surface area contributed by atoms with Gasteiger partial charge in [-0.15, -0.1) is 0 Å². The summed E-state index contributed by atoms with van der Waals surface area (Å²) in [6.45, 7) is 0.210. The van der Waals surface area contributed by atoms with Gasteiger partial charge in [0.05, 0.1) is 0 Å². The van der Waals surface area contributed by atoms with Gasteiger partial charge in [0.1, 0.15) is 0 Å². The molecule has 0 spiro atoms. The summed E-state index contributed by atoms with van der Waals surface area (Å²) in [4.78, 5) is 11.9. The normalized spacial score (nSPS) is 12.6. The van der Waals surface area contributed by atoms with Crippen LogP contribution >= 0.6 is 11.6 Å². The molecule has 0 aromatic heterocycles. The maximum Gasteiger partial charge on any atom is 0.248 e. The molecular weight excluding hydrogens is 290 g/mol. The third-order valence-corrected chi connectivity index (χ3v) is 3.15. The van der Waals surface area contributed by atoms with Gasteiger partial charge in [-0.25, -0.2) is 0 Å². The molecule has 1 heterocycles. The van der Waals surface area contributed by atoms with E-state index in [9.17, 15) is 4.79 Å². The molecule has 0 bridgehead atoms. The number of carbonyl (C=O) groups is 1. The van der Waals surface area contributed by atoms with Crippen LogP contribution < -0.4 is 14.8 Å². The number of rotatable bonds is 3. The highest BCUT2D eigenvalue weighted by Gasteiger charge is 2.13. The Bertz CT molecular complexity index is 712. The molecule has 0 saturated carbocycles. The summed E-state index contributed by atoms with van der Waals surface area (Å²) in [5.41, 5.74) is 1.52. The molecular formula is C16H12ClNO3. The molecule has 2 aromatic rings. The predicted octanol–water partition coefficient (Wildman–Crippen LogP) is 3.72. The molecule has 21 heavy (non-hydrogen) atoms. The average Bonchev–Trinajstić information content (AvgIpc) is 2.93. The number of nitrogens with one attached hydrogen (secondary N) is 1. The number of benzene rings is 2. The number of halogens is 1. The highest BCUT2D eigenvalue weighted by atomic mass is 35.5. The quantitative estimate of drug-likeness (QED) is 0.879. The minimum atomic E-state index is -0.228. The van der Waals surface area contributed by atoms with Crippen LogP contribution in [0.2, 0.25) is 5.02 Å². The minimum absolute atomic E-state index is 0.210. The van der Waals surface area contributed by atoms with Crippen molar-refractivity contribution in [3.05, 3.63) is 59.1 Å². The second-order valence-corrected chi connectivity index (χ2v) is 4.88. The van der Waals surface area contributed by atoms with Crippen LogP contribution in [-0.2, 0) is 4.79 Å². The molecule has 0 aliphatic carbocycles. The van der Waals surface area contributed by atoms with Crippen LogP contribution in [0.4, 0.5) is 5.69 Å². The summed E-state index contributed by atoms with van der Waals surface area (Å²) in [6.07, 6.45) is 3.16. The van der Waals surface area contributed by atoms with Crippen molar-refractivity contribution in [3.8, 4) is 11.5 Å². The molecule has 0 unspecified atom stereocenters. The van der Waals surface area contributed by atoms with Gasteiger partial charge in [-0.2, -0.15) is 0 Å². The van der Waals surface area contributed by atoms with E-state index in [2.05, 4.69) is 5.32 Å². The largest absolute Gasteiger partial charge is 0.454 e. The Morgan fingerprint density at radius 1 is 1.14 bits per heavy atom. The molecule has 4 nitrogen and oxygen atoms in total. The van der Waals surface area contributed by atoms with Crippen molar-refractivity contribution < 1.29 is 14.3 Å². The number of hydrogen-bond acceptors (Lipinski definition) is 3. The maximum absolute atomic E-state index is 11.9. The van der Waals surface area contributed by atoms with Gasteiger partial charge in [0.2, 0.25) is 12.7 Å². The van der Waals surface area contributed by atoms with E-state index in [1.807, 2.05) is 12.1 Å². The van der Waals surface area contributed by atoms with Crippen molar-refractivity contribution in [3.63, 3.8) is 0 Å². The van der Waals surface area contributed by atoms with E-state index < -0.39 is 0 Å². The summed E-state index contributed by atoms with van der Waals surface area (Å²) in [6, 6.07) is 12.5. The predicted molar refractivity (Wildman–Crippen MR) is 81.7 cm³/mol. The molecule has 5 heteroatoms. The summed E-state index contributed by atoms with van der Waals surface area (Å²) < 4.78 is 10.5. The van der Waals surface area contributed by atoms with Gasteiger partial charge in [-0.1, -0.05) is 23.7 Å². The lowest BCUT2D eigenvalue weighted by Crippen LogP contribution is -2.07. The third kappa shape index (κ3) is 3.35. The molecule has 3 rings (SSSR count). The Morgan fingerprint density at radius 2 is 2.00 bits per heavy atom. The van der Waals surface area contributed by atoms with Crippen molar-refractivity contribution in [2.24, 2.45) is 0 Å². The monoisotopic (exact) mass is 301 g/mol. The average molecular weight is 302 g/mol. The van der Waals surface area contributed by atoms with E-state index in [0.717, 1.165) is 5.56 Å². The zero-order valence-electron chi connectivity index (χ0n) is 11.0. The molecule has 0 atom stereocenters. The fourth-order valence-electron chi connectivity index (χ4n) is 1.94. The van der Waals surface area contributed by atoms with E-state index in [1.54, 1.807) is 36.4 Å². The van der Waals surface area contributed by atoms with Crippen LogP contribution in [-0.4, -0.2) is 12.7 Å². The zero-order chi connectivity index (χ0) is 14.7. The SMILES string of the molecule is O=C(/C=C\c1cccc(Cl)c1)Nc1ccc2c(c1)OCO2. The minimum Gasteiger partial charge on any atom is -0.454 e. The third-order valence-electron chi connectivity index (χ3n) is 2.92. The van der Waals surface area contributed by atoms with Crippen LogP contribution in [0.25, 0.3) is 6.08 Å². The maximum atomic E-state index is 11.9. The Balaban J connectivity index is 1.66. The summed E-state index contributed by atoms with van der Waals surface area (Å²) in [5, 5.41) is 3.39. The molecule has 0 fully saturated rings. The van der Waals surface area contributed by atoms with Crippen molar-refractivity contribution in [1.29, 1.82) is 0 Å². The van der Waals surface area contributed by atoms with Crippen LogP contribution in [0.3, 0.4) is 0 Å². The van der Waals surface area contributed by atoms with Crippen LogP contribution in [0, 0.1) is 0 Å². The van der Waals surface area contributed by atoms with Gasteiger partial charge in [0.15, 0.2) is 11.5 Å². The van der Waals surface area contributed by atoms with E-state index in [4.69, 9.17) is 21.1 Å². The lowest BCUT2D eigenvalue weighted by Gasteiger charge is -2.03. The fourth-order valence-corrected chi connectivity index (χ4v) is 2.14. The molecule has 0 radical (unpaired) electrons. The van der Waals surface area contributed by atoms with Gasteiger partial charge in [-0.3, -0.25) is 4.79 Å². The molecule has 106 valence electrons. The fraction of sp³-hybridized carbons (Fsp3) is 0.0625. The first-order valence-electron chi connectivity index (χ1n) is 6.35. The topological polar surface area (TPSA) is 47.6 Å². The Hall–Kier alpha value is -2.46. The highest BCUT2D eigenvalue weighted by molar-refractivity contribution is 6.30. The van der Waals surface area contributed by atoms with Gasteiger partial charge >= 0.3 is 0 Å². The first-order chi connectivity index (χ1) is 10.2. The lowest BCUT2D eigenvalue weighted by molar-refractivity contribution is -0.111. The first kappa shape index (κ1) is 13.5. The zero-order valence-corrected chi connectivity index (χ0v) is 11.8. The molecule has 1 aliphatic rings. The van der Waals surface area contributed by atoms with E-state index in [-0.39, 0.29) is 12.7 Å². The Kier molecular flexibility index (Phi) is 3.79. The van der Waals surface area contributed by atoms with Gasteiger partial charge in [0, 0.05) is 22.9 Å². The molecule has 1 aliphatic heterocycles. The number of anilines is 1. The molecule has 1 amide bonds. The summed E-state index contributed by atoms with van der Waals surface area (Å²) in [5.74, 6) is 1.09. The van der Waals surface area contributed by atoms with Crippen molar-refractivity contribution in [1.82, 2.24) is 0 Å². The molecule has 1 N–H and O–H groups in total. The number of fused-ring (bicyclic) bond motifs is 1. The van der Waals surface area contributed by atoms with Crippen molar-refractivity contribution in [2.45, 2.75) is 0 Å². The smallest absolute Gasteiger partial charge is 0.248 e. The van der Waals surface area contributed by atoms with Crippen LogP contribution in [0.15, 0.2) is 48.5 Å². The van der Waals surface area contributed by atoms with Gasteiger partial charge in [-0.05, 0) is 35.9 Å². The second-order valence-electron chi connectivity index (χ2n) is 4.45. The standard InChI is InChI=1S/C16H12ClNO3/c17-12-3-1-2-11(8-12)4-7-16(19)18-13-5-6-14-15(9-13)21-10-20-14/h1-9H,10H2,(H,18,19)/b7-4-. The number of amides is 1. The molecule has 0 saturated heterocycles. The van der Waals surface area contributed by atoms with Crippen molar-refractivity contribution >= 4 is 29.3 Å². The van der Waals surface area contributed by atoms with Crippen LogP contribution in [0.5, 0.6) is 11.5 Å². The van der Waals surface area contributed by atoms with E-state index in [0.29, 0.717) is 22.2 Å². The number of ether oxygens (including phenoxy) is 2. The van der Waals surface area contributed by atoms with Gasteiger partial charge < -0.3 is 14.8 Å². The molecule has 2 aromatic carbocycles. The summed E-state index contributed by atoms with van der Waals surface area (Å²) in [7, 11) is 0. The lowest BCUT2D eigenvalue weighted by atomic mass is 10.2. The first-order valence-corrected chi connectivity index (χ1v) is 6.73.